The van der Waals surface area contributed by atoms with Crippen LogP contribution >= 0.6 is 0 Å². The first kappa shape index (κ1) is 15.8. The van der Waals surface area contributed by atoms with Crippen molar-refractivity contribution < 1.29 is 4.79 Å². The Hall–Kier alpha value is -1.62. The Morgan fingerprint density at radius 3 is 2.71 bits per heavy atom. The molecule has 2 N–H and O–H groups in total. The van der Waals surface area contributed by atoms with E-state index in [0.717, 1.165) is 38.6 Å². The largest absolute Gasteiger partial charge is 0.367 e. The molecule has 5 nitrogen and oxygen atoms in total. The third-order valence-corrected chi connectivity index (χ3v) is 4.30. The van der Waals surface area contributed by atoms with Crippen molar-refractivity contribution in [1.82, 2.24) is 15.2 Å². The number of aromatic nitrogens is 1. The molecule has 0 bridgehead atoms. The highest BCUT2D eigenvalue weighted by molar-refractivity contribution is 5.93. The molecule has 116 valence electrons. The number of carbonyl (C=O) groups excluding carboxylic acids is 1. The van der Waals surface area contributed by atoms with Gasteiger partial charge >= 0.3 is 0 Å². The van der Waals surface area contributed by atoms with Gasteiger partial charge in [0.15, 0.2) is 5.43 Å². The zero-order chi connectivity index (χ0) is 15.2. The number of carbonyl (C=O) groups is 1. The molecular formula is C16H25N3O2. The molecule has 1 aliphatic carbocycles. The maximum atomic E-state index is 12.4. The number of H-pyrrole nitrogens is 1. The molecule has 0 saturated heterocycles. The number of hydrogen-bond donors (Lipinski definition) is 2. The van der Waals surface area contributed by atoms with Crippen molar-refractivity contribution in [2.45, 2.75) is 51.1 Å². The lowest BCUT2D eigenvalue weighted by atomic mass is 9.90. The summed E-state index contributed by atoms with van der Waals surface area (Å²) < 4.78 is 0. The molecule has 21 heavy (non-hydrogen) atoms. The Bertz CT molecular complexity index is 518. The van der Waals surface area contributed by atoms with E-state index in [1.165, 1.54) is 12.3 Å². The maximum absolute atomic E-state index is 12.4. The number of hydrogen-bond acceptors (Lipinski definition) is 3. The van der Waals surface area contributed by atoms with E-state index in [4.69, 9.17) is 0 Å². The van der Waals surface area contributed by atoms with Crippen LogP contribution < -0.4 is 10.7 Å². The molecule has 0 spiro atoms. The van der Waals surface area contributed by atoms with Gasteiger partial charge in [-0.3, -0.25) is 9.59 Å². The lowest BCUT2D eigenvalue weighted by Gasteiger charge is -2.35. The normalized spacial score (nSPS) is 22.0. The summed E-state index contributed by atoms with van der Waals surface area (Å²) in [6.07, 6.45) is 8.36. The standard InChI is InChI=1S/C16H25N3O2/c1-3-9-18-12-4-6-13(7-5-12)19(2)16(21)14-11-17-10-8-15(14)20/h8,10-13,18H,3-7,9H2,1-2H3,(H,17,20). The van der Waals surface area contributed by atoms with E-state index in [1.54, 1.807) is 18.1 Å². The SMILES string of the molecule is CCCNC1CCC(N(C)C(=O)c2c[nH]ccc2=O)CC1. The lowest BCUT2D eigenvalue weighted by molar-refractivity contribution is 0.0683. The van der Waals surface area contributed by atoms with E-state index >= 15 is 0 Å². The Labute approximate surface area is 125 Å². The number of nitrogens with one attached hydrogen (secondary N) is 2. The molecule has 0 radical (unpaired) electrons. The fourth-order valence-electron chi connectivity index (χ4n) is 2.95. The van der Waals surface area contributed by atoms with Crippen LogP contribution in [0.25, 0.3) is 0 Å². The zero-order valence-corrected chi connectivity index (χ0v) is 12.9. The van der Waals surface area contributed by atoms with Gasteiger partial charge in [-0.25, -0.2) is 0 Å². The smallest absolute Gasteiger partial charge is 0.259 e. The molecule has 1 aromatic rings. The van der Waals surface area contributed by atoms with Crippen LogP contribution in [0.3, 0.4) is 0 Å². The van der Waals surface area contributed by atoms with Gasteiger partial charge in [0.05, 0.1) is 0 Å². The Morgan fingerprint density at radius 2 is 2.10 bits per heavy atom. The quantitative estimate of drug-likeness (QED) is 0.869. The van der Waals surface area contributed by atoms with Gasteiger partial charge in [0.1, 0.15) is 5.56 Å². The number of rotatable bonds is 5. The summed E-state index contributed by atoms with van der Waals surface area (Å²) in [5.74, 6) is -0.179. The zero-order valence-electron chi connectivity index (χ0n) is 12.9. The van der Waals surface area contributed by atoms with E-state index in [1.807, 2.05) is 0 Å². The van der Waals surface area contributed by atoms with Crippen LogP contribution in [-0.2, 0) is 0 Å². The summed E-state index contributed by atoms with van der Waals surface area (Å²) in [6, 6.07) is 2.20. The topological polar surface area (TPSA) is 65.2 Å². The van der Waals surface area contributed by atoms with Crippen molar-refractivity contribution in [3.8, 4) is 0 Å². The fraction of sp³-hybridized carbons (Fsp3) is 0.625. The van der Waals surface area contributed by atoms with Gasteiger partial charge < -0.3 is 15.2 Å². The average molecular weight is 291 g/mol. The van der Waals surface area contributed by atoms with E-state index < -0.39 is 0 Å². The highest BCUT2D eigenvalue weighted by Gasteiger charge is 2.27. The molecule has 0 aromatic carbocycles. The van der Waals surface area contributed by atoms with Crippen LogP contribution in [0.2, 0.25) is 0 Å². The maximum Gasteiger partial charge on any atom is 0.259 e. The minimum atomic E-state index is -0.219. The summed E-state index contributed by atoms with van der Waals surface area (Å²) in [7, 11) is 1.80. The molecule has 1 fully saturated rings. The minimum Gasteiger partial charge on any atom is -0.367 e. The van der Waals surface area contributed by atoms with Crippen LogP contribution in [0.15, 0.2) is 23.3 Å². The van der Waals surface area contributed by atoms with E-state index in [2.05, 4.69) is 17.2 Å². The molecule has 1 heterocycles. The minimum absolute atomic E-state index is 0.179. The number of amides is 1. The first-order valence-electron chi connectivity index (χ1n) is 7.81. The monoisotopic (exact) mass is 291 g/mol. The average Bonchev–Trinajstić information content (AvgIpc) is 2.52. The Morgan fingerprint density at radius 1 is 1.38 bits per heavy atom. The summed E-state index contributed by atoms with van der Waals surface area (Å²) in [4.78, 5) is 28.7. The molecule has 5 heteroatoms. The van der Waals surface area contributed by atoms with Crippen molar-refractivity contribution in [2.24, 2.45) is 0 Å². The summed E-state index contributed by atoms with van der Waals surface area (Å²) >= 11 is 0. The van der Waals surface area contributed by atoms with Crippen molar-refractivity contribution >= 4 is 5.91 Å². The van der Waals surface area contributed by atoms with Crippen LogP contribution in [0.4, 0.5) is 0 Å². The molecule has 0 unspecified atom stereocenters. The number of pyridine rings is 1. The van der Waals surface area contributed by atoms with Crippen molar-refractivity contribution in [1.29, 1.82) is 0 Å². The van der Waals surface area contributed by atoms with Gasteiger partial charge in [0, 0.05) is 37.6 Å². The second-order valence-corrected chi connectivity index (χ2v) is 5.80. The van der Waals surface area contributed by atoms with Crippen LogP contribution in [0, 0.1) is 0 Å². The molecule has 1 aromatic heterocycles. The van der Waals surface area contributed by atoms with Crippen LogP contribution in [-0.4, -0.2) is 41.5 Å². The molecule has 0 atom stereocenters. The highest BCUT2D eigenvalue weighted by Crippen LogP contribution is 2.23. The van der Waals surface area contributed by atoms with Gasteiger partial charge in [-0.2, -0.15) is 0 Å². The van der Waals surface area contributed by atoms with E-state index in [0.29, 0.717) is 6.04 Å². The molecule has 1 aliphatic rings. The number of nitrogens with zero attached hydrogens (tertiary/aromatic N) is 1. The summed E-state index contributed by atoms with van der Waals surface area (Å²) in [5.41, 5.74) is 0.00938. The molecular weight excluding hydrogens is 266 g/mol. The van der Waals surface area contributed by atoms with Gasteiger partial charge in [0.2, 0.25) is 0 Å². The van der Waals surface area contributed by atoms with Gasteiger partial charge in [0.25, 0.3) is 5.91 Å². The second kappa shape index (κ2) is 7.41. The Balaban J connectivity index is 1.93. The van der Waals surface area contributed by atoms with Crippen LogP contribution in [0.5, 0.6) is 0 Å². The van der Waals surface area contributed by atoms with Crippen molar-refractivity contribution in [2.75, 3.05) is 13.6 Å². The van der Waals surface area contributed by atoms with Gasteiger partial charge in [-0.1, -0.05) is 6.92 Å². The van der Waals surface area contributed by atoms with E-state index in [9.17, 15) is 9.59 Å². The Kier molecular flexibility index (Phi) is 5.56. The molecule has 0 aliphatic heterocycles. The molecule has 1 amide bonds. The first-order valence-corrected chi connectivity index (χ1v) is 7.81. The molecule has 2 rings (SSSR count). The van der Waals surface area contributed by atoms with Crippen LogP contribution in [0.1, 0.15) is 49.4 Å². The molecule has 1 saturated carbocycles. The second-order valence-electron chi connectivity index (χ2n) is 5.80. The predicted molar refractivity (Wildman–Crippen MR) is 83.5 cm³/mol. The highest BCUT2D eigenvalue weighted by atomic mass is 16.2. The van der Waals surface area contributed by atoms with E-state index in [-0.39, 0.29) is 22.9 Å². The van der Waals surface area contributed by atoms with Gasteiger partial charge in [-0.15, -0.1) is 0 Å². The first-order chi connectivity index (χ1) is 10.1. The summed E-state index contributed by atoms with van der Waals surface area (Å²) in [6.45, 7) is 3.23. The fourth-order valence-corrected chi connectivity index (χ4v) is 2.95. The predicted octanol–water partition coefficient (Wildman–Crippen LogP) is 1.76. The lowest BCUT2D eigenvalue weighted by Crippen LogP contribution is -2.44. The summed E-state index contributed by atoms with van der Waals surface area (Å²) in [5, 5.41) is 3.54. The third-order valence-electron chi connectivity index (χ3n) is 4.30. The third kappa shape index (κ3) is 3.94. The van der Waals surface area contributed by atoms with Crippen molar-refractivity contribution in [3.05, 3.63) is 34.2 Å². The van der Waals surface area contributed by atoms with Gasteiger partial charge in [-0.05, 0) is 38.6 Å². The number of aromatic amines is 1. The van der Waals surface area contributed by atoms with Crippen molar-refractivity contribution in [3.63, 3.8) is 0 Å².